The van der Waals surface area contributed by atoms with Gasteiger partial charge in [-0.2, -0.15) is 0 Å². The maximum atomic E-state index is 9.68. The standard InChI is InChI=1S/C4H8O3.Gd/c1-7-3-2-4(5)6;/h2-3H2,1H3,(H,5,6);. The molecule has 0 aliphatic rings. The predicted molar refractivity (Wildman–Crippen MR) is 24.1 cm³/mol. The molecule has 0 radical (unpaired) electrons. The van der Waals surface area contributed by atoms with Crippen LogP contribution in [0.25, 0.3) is 0 Å². The molecular weight excluding hydrogens is 253 g/mol. The van der Waals surface area contributed by atoms with Crippen LogP contribution in [0.3, 0.4) is 0 Å². The molecule has 0 heterocycles. The van der Waals surface area contributed by atoms with Crippen LogP contribution in [-0.4, -0.2) is 24.8 Å². The molecule has 0 unspecified atom stereocenters. The van der Waals surface area contributed by atoms with Crippen molar-refractivity contribution in [2.75, 3.05) is 13.7 Å². The van der Waals surface area contributed by atoms with Gasteiger partial charge in [-0.3, -0.25) is 4.79 Å². The van der Waals surface area contributed by atoms with E-state index in [-0.39, 0.29) is 46.4 Å². The zero-order valence-electron chi connectivity index (χ0n) is 4.53. The number of methoxy groups -OCH3 is 1. The van der Waals surface area contributed by atoms with Crippen LogP contribution in [0.4, 0.5) is 0 Å². The molecule has 0 fully saturated rings. The molecule has 0 aromatic carbocycles. The van der Waals surface area contributed by atoms with E-state index in [0.717, 1.165) is 0 Å². The number of hydrogen-bond donors (Lipinski definition) is 1. The minimum absolute atomic E-state index is 0. The average molecular weight is 261 g/mol. The molecule has 0 aliphatic carbocycles. The summed E-state index contributed by atoms with van der Waals surface area (Å²) >= 11 is 0. The van der Waals surface area contributed by atoms with Gasteiger partial charge >= 0.3 is 5.97 Å². The summed E-state index contributed by atoms with van der Waals surface area (Å²) in [6.07, 6.45) is 0.0938. The third kappa shape index (κ3) is 9.89. The van der Waals surface area contributed by atoms with Crippen LogP contribution in [0.1, 0.15) is 6.42 Å². The van der Waals surface area contributed by atoms with E-state index in [0.29, 0.717) is 6.61 Å². The van der Waals surface area contributed by atoms with E-state index in [1.54, 1.807) is 0 Å². The van der Waals surface area contributed by atoms with Gasteiger partial charge in [-0.1, -0.05) is 0 Å². The minimum Gasteiger partial charge on any atom is -0.481 e. The smallest absolute Gasteiger partial charge is 0.305 e. The average Bonchev–Trinajstić information content (AvgIpc) is 1.61. The molecule has 0 aromatic rings. The molecule has 3 nitrogen and oxygen atoms in total. The Kier molecular flexibility index (Phi) is 11.2. The van der Waals surface area contributed by atoms with E-state index < -0.39 is 5.97 Å². The van der Waals surface area contributed by atoms with Crippen molar-refractivity contribution >= 4 is 5.97 Å². The zero-order chi connectivity index (χ0) is 5.70. The van der Waals surface area contributed by atoms with Crippen LogP contribution < -0.4 is 0 Å². The fraction of sp³-hybridized carbons (Fsp3) is 0.750. The SMILES string of the molecule is COCCC(=O)O.[Gd]. The first-order chi connectivity index (χ1) is 3.27. The summed E-state index contributed by atoms with van der Waals surface area (Å²) in [7, 11) is 1.48. The van der Waals surface area contributed by atoms with E-state index in [4.69, 9.17) is 5.11 Å². The Morgan fingerprint density at radius 1 is 1.75 bits per heavy atom. The molecule has 0 aliphatic heterocycles. The van der Waals surface area contributed by atoms with Gasteiger partial charge < -0.3 is 9.84 Å². The Morgan fingerprint density at radius 2 is 2.25 bits per heavy atom. The second-order valence-electron chi connectivity index (χ2n) is 1.14. The van der Waals surface area contributed by atoms with Crippen molar-refractivity contribution in [1.82, 2.24) is 0 Å². The Hall–Kier alpha value is 0.755. The fourth-order valence-electron chi connectivity index (χ4n) is 0.189. The number of carboxylic acid groups (broad SMARTS) is 1. The normalized spacial score (nSPS) is 7.62. The van der Waals surface area contributed by atoms with Crippen LogP contribution in [0, 0.1) is 39.9 Å². The molecule has 0 rings (SSSR count). The Labute approximate surface area is 80.1 Å². The van der Waals surface area contributed by atoms with Crippen LogP contribution in [-0.2, 0) is 9.53 Å². The Bertz CT molecular complexity index is 64.3. The summed E-state index contributed by atoms with van der Waals surface area (Å²) in [6, 6.07) is 0. The van der Waals surface area contributed by atoms with Crippen molar-refractivity contribution < 1.29 is 54.6 Å². The number of rotatable bonds is 3. The zero-order valence-corrected chi connectivity index (χ0v) is 6.80. The summed E-state index contributed by atoms with van der Waals surface area (Å²) in [5.41, 5.74) is 0. The van der Waals surface area contributed by atoms with E-state index in [2.05, 4.69) is 4.74 Å². The summed E-state index contributed by atoms with van der Waals surface area (Å²) in [5, 5.41) is 7.96. The molecule has 0 saturated heterocycles. The Balaban J connectivity index is 0. The quantitative estimate of drug-likeness (QED) is 0.784. The molecule has 0 aromatic heterocycles. The van der Waals surface area contributed by atoms with Crippen molar-refractivity contribution in [3.8, 4) is 0 Å². The summed E-state index contributed by atoms with van der Waals surface area (Å²) in [4.78, 5) is 9.68. The first-order valence-electron chi connectivity index (χ1n) is 1.98. The van der Waals surface area contributed by atoms with Crippen LogP contribution >= 0.6 is 0 Å². The molecule has 0 amide bonds. The molecular formula is C4H8GdO3. The van der Waals surface area contributed by atoms with Gasteiger partial charge in [-0.05, 0) is 0 Å². The molecule has 8 heavy (non-hydrogen) atoms. The fourth-order valence-corrected chi connectivity index (χ4v) is 0.189. The van der Waals surface area contributed by atoms with E-state index >= 15 is 0 Å². The molecule has 0 spiro atoms. The topological polar surface area (TPSA) is 46.5 Å². The third-order valence-electron chi connectivity index (χ3n) is 0.520. The van der Waals surface area contributed by atoms with Gasteiger partial charge in [0.25, 0.3) is 0 Å². The maximum Gasteiger partial charge on any atom is 0.305 e. The van der Waals surface area contributed by atoms with Crippen molar-refractivity contribution in [3.63, 3.8) is 0 Å². The van der Waals surface area contributed by atoms with Crippen LogP contribution in [0.15, 0.2) is 0 Å². The van der Waals surface area contributed by atoms with Crippen molar-refractivity contribution in [2.45, 2.75) is 6.42 Å². The van der Waals surface area contributed by atoms with Crippen molar-refractivity contribution in [1.29, 1.82) is 0 Å². The van der Waals surface area contributed by atoms with Gasteiger partial charge in [0.1, 0.15) is 0 Å². The third-order valence-corrected chi connectivity index (χ3v) is 0.520. The van der Waals surface area contributed by atoms with E-state index in [1.165, 1.54) is 7.11 Å². The van der Waals surface area contributed by atoms with Crippen molar-refractivity contribution in [2.24, 2.45) is 0 Å². The number of carbonyl (C=O) groups is 1. The summed E-state index contributed by atoms with van der Waals surface area (Å²) < 4.78 is 4.47. The number of aliphatic carboxylic acids is 1. The summed E-state index contributed by atoms with van der Waals surface area (Å²) in [5.74, 6) is -0.818. The number of hydrogen-bond acceptors (Lipinski definition) is 2. The maximum absolute atomic E-state index is 9.68. The van der Waals surface area contributed by atoms with Gasteiger partial charge in [0.05, 0.1) is 13.0 Å². The molecule has 50 valence electrons. The molecule has 0 bridgehead atoms. The Morgan fingerprint density at radius 3 is 2.38 bits per heavy atom. The number of carboxylic acids is 1. The monoisotopic (exact) mass is 262 g/mol. The number of ether oxygens (including phenoxy) is 1. The van der Waals surface area contributed by atoms with E-state index in [9.17, 15) is 4.79 Å². The second kappa shape index (κ2) is 7.75. The second-order valence-corrected chi connectivity index (χ2v) is 1.14. The van der Waals surface area contributed by atoms with Crippen LogP contribution in [0.5, 0.6) is 0 Å². The first-order valence-corrected chi connectivity index (χ1v) is 1.98. The van der Waals surface area contributed by atoms with Gasteiger partial charge in [0, 0.05) is 47.1 Å². The van der Waals surface area contributed by atoms with Gasteiger partial charge in [-0.25, -0.2) is 0 Å². The van der Waals surface area contributed by atoms with Gasteiger partial charge in [-0.15, -0.1) is 0 Å². The largest absolute Gasteiger partial charge is 0.481 e. The minimum atomic E-state index is -0.818. The van der Waals surface area contributed by atoms with Gasteiger partial charge in [0.15, 0.2) is 0 Å². The van der Waals surface area contributed by atoms with Gasteiger partial charge in [0.2, 0.25) is 0 Å². The van der Waals surface area contributed by atoms with Crippen molar-refractivity contribution in [3.05, 3.63) is 0 Å². The van der Waals surface area contributed by atoms with E-state index in [1.807, 2.05) is 0 Å². The summed E-state index contributed by atoms with van der Waals surface area (Å²) in [6.45, 7) is 0.301. The molecule has 4 heteroatoms. The molecule has 0 saturated carbocycles. The molecule has 1 N–H and O–H groups in total. The first kappa shape index (κ1) is 11.5. The molecule has 0 atom stereocenters. The predicted octanol–water partition coefficient (Wildman–Crippen LogP) is 0.108. The van der Waals surface area contributed by atoms with Crippen LogP contribution in [0.2, 0.25) is 0 Å².